The van der Waals surface area contributed by atoms with E-state index in [1.807, 2.05) is 0 Å². The summed E-state index contributed by atoms with van der Waals surface area (Å²) in [5, 5.41) is 4.81. The molecule has 0 N–H and O–H groups in total. The average molecular weight is 417 g/mol. The normalized spacial score (nSPS) is 23.6. The topological polar surface area (TPSA) is 50.1 Å². The maximum atomic E-state index is 5.01. The van der Waals surface area contributed by atoms with Gasteiger partial charge in [0, 0.05) is 67.2 Å². The number of aromatic nitrogens is 4. The summed E-state index contributed by atoms with van der Waals surface area (Å²) < 4.78 is 2.18. The zero-order chi connectivity index (χ0) is 19.4. The Kier molecular flexibility index (Phi) is 5.60. The van der Waals surface area contributed by atoms with Crippen LogP contribution < -0.4 is 4.90 Å². The van der Waals surface area contributed by atoms with Crippen LogP contribution in [-0.4, -0.2) is 43.8 Å². The van der Waals surface area contributed by atoms with E-state index in [-0.39, 0.29) is 12.4 Å². The number of rotatable bonds is 4. The van der Waals surface area contributed by atoms with Crippen LogP contribution >= 0.6 is 12.4 Å². The fourth-order valence-electron chi connectivity index (χ4n) is 5.49. The molecule has 3 aliphatic heterocycles. The summed E-state index contributed by atoms with van der Waals surface area (Å²) in [4.78, 5) is 14.8. The first-order valence-electron chi connectivity index (χ1n) is 10.9. The summed E-state index contributed by atoms with van der Waals surface area (Å²) in [6.45, 7) is 12.0. The van der Waals surface area contributed by atoms with E-state index in [1.165, 1.54) is 53.9 Å². The molecule has 0 saturated carbocycles. The van der Waals surface area contributed by atoms with Gasteiger partial charge in [0.05, 0.1) is 11.4 Å². The molecule has 5 heterocycles. The molecule has 2 saturated heterocycles. The van der Waals surface area contributed by atoms with Gasteiger partial charge in [0.2, 0.25) is 5.95 Å². The van der Waals surface area contributed by atoms with Gasteiger partial charge in [-0.05, 0) is 53.4 Å². The summed E-state index contributed by atoms with van der Waals surface area (Å²) in [5.74, 6) is 0.953. The Balaban J connectivity index is 0.00000205. The third-order valence-electron chi connectivity index (χ3n) is 7.01. The minimum absolute atomic E-state index is 0. The lowest BCUT2D eigenvalue weighted by molar-refractivity contribution is 0.165. The Morgan fingerprint density at radius 1 is 1.14 bits per heavy atom. The molecule has 29 heavy (non-hydrogen) atoms. The van der Waals surface area contributed by atoms with Crippen molar-refractivity contribution in [2.75, 3.05) is 18.0 Å². The van der Waals surface area contributed by atoms with Crippen LogP contribution in [-0.2, 0) is 13.0 Å². The van der Waals surface area contributed by atoms with E-state index in [1.54, 1.807) is 0 Å². The first-order chi connectivity index (χ1) is 13.5. The predicted molar refractivity (Wildman–Crippen MR) is 118 cm³/mol. The Labute approximate surface area is 180 Å². The highest BCUT2D eigenvalue weighted by atomic mass is 35.5. The van der Waals surface area contributed by atoms with Crippen LogP contribution in [0, 0.1) is 13.8 Å². The first-order valence-corrected chi connectivity index (χ1v) is 10.9. The lowest BCUT2D eigenvalue weighted by Gasteiger charge is -2.36. The quantitative estimate of drug-likeness (QED) is 0.749. The SMILES string of the molecule is Cc1nn(C(C)C)c(C)c1CN1C2CCC1c1cnc(N3CCCC3)nc1C2.Cl. The number of nitrogens with zero attached hydrogens (tertiary/aromatic N) is 6. The van der Waals surface area contributed by atoms with Gasteiger partial charge in [-0.2, -0.15) is 5.10 Å². The Morgan fingerprint density at radius 2 is 1.90 bits per heavy atom. The Bertz CT molecular complexity index is 886. The molecule has 158 valence electrons. The average Bonchev–Trinajstić information content (AvgIpc) is 3.36. The third-order valence-corrected chi connectivity index (χ3v) is 7.01. The maximum absolute atomic E-state index is 5.01. The summed E-state index contributed by atoms with van der Waals surface area (Å²) in [5.41, 5.74) is 6.56. The van der Waals surface area contributed by atoms with Crippen molar-refractivity contribution in [2.45, 2.75) is 84.5 Å². The Hall–Kier alpha value is -1.66. The minimum atomic E-state index is 0. The highest BCUT2D eigenvalue weighted by molar-refractivity contribution is 5.85. The molecule has 0 amide bonds. The van der Waals surface area contributed by atoms with Gasteiger partial charge >= 0.3 is 0 Å². The van der Waals surface area contributed by atoms with E-state index in [4.69, 9.17) is 15.1 Å². The van der Waals surface area contributed by atoms with Gasteiger partial charge in [0.1, 0.15) is 0 Å². The van der Waals surface area contributed by atoms with Gasteiger partial charge in [-0.15, -0.1) is 12.4 Å². The number of hydrogen-bond acceptors (Lipinski definition) is 5. The molecule has 0 radical (unpaired) electrons. The smallest absolute Gasteiger partial charge is 0.225 e. The second-order valence-electron chi connectivity index (χ2n) is 9.08. The second kappa shape index (κ2) is 7.88. The number of aryl methyl sites for hydroxylation is 1. The molecule has 5 rings (SSSR count). The van der Waals surface area contributed by atoms with Crippen LogP contribution in [0.2, 0.25) is 0 Å². The second-order valence-corrected chi connectivity index (χ2v) is 9.08. The fraction of sp³-hybridized carbons (Fsp3) is 0.682. The van der Waals surface area contributed by atoms with Gasteiger partial charge in [0.25, 0.3) is 0 Å². The van der Waals surface area contributed by atoms with Crippen molar-refractivity contribution >= 4 is 18.4 Å². The number of fused-ring (bicyclic) bond motifs is 4. The standard InChI is InChI=1S/C22H32N6.ClH/c1-14(2)28-16(4)19(15(3)25-28)13-27-17-7-8-21(27)18-12-23-22(24-20(18)11-17)26-9-5-6-10-26;/h12,14,17,21H,5-11,13H2,1-4H3;1H. The molecule has 2 atom stereocenters. The molecular weight excluding hydrogens is 384 g/mol. The predicted octanol–water partition coefficient (Wildman–Crippen LogP) is 4.15. The highest BCUT2D eigenvalue weighted by Gasteiger charge is 2.41. The first kappa shape index (κ1) is 20.6. The van der Waals surface area contributed by atoms with Gasteiger partial charge in [0.15, 0.2) is 0 Å². The molecular formula is C22H33ClN6. The molecule has 2 fully saturated rings. The molecule has 0 spiro atoms. The van der Waals surface area contributed by atoms with Crippen LogP contribution in [0.15, 0.2) is 6.20 Å². The maximum Gasteiger partial charge on any atom is 0.225 e. The summed E-state index contributed by atoms with van der Waals surface area (Å²) in [6.07, 6.45) is 8.21. The molecule has 2 bridgehead atoms. The van der Waals surface area contributed by atoms with Crippen molar-refractivity contribution in [1.29, 1.82) is 0 Å². The highest BCUT2D eigenvalue weighted by Crippen LogP contribution is 2.44. The van der Waals surface area contributed by atoms with Crippen molar-refractivity contribution in [3.63, 3.8) is 0 Å². The van der Waals surface area contributed by atoms with E-state index in [0.29, 0.717) is 18.1 Å². The number of halogens is 1. The lowest BCUT2D eigenvalue weighted by Crippen LogP contribution is -2.38. The molecule has 0 aliphatic carbocycles. The zero-order valence-electron chi connectivity index (χ0n) is 18.1. The van der Waals surface area contributed by atoms with Crippen molar-refractivity contribution < 1.29 is 0 Å². The van der Waals surface area contributed by atoms with E-state index >= 15 is 0 Å². The van der Waals surface area contributed by atoms with Crippen LogP contribution in [0.4, 0.5) is 5.95 Å². The molecule has 0 aromatic carbocycles. The summed E-state index contributed by atoms with van der Waals surface area (Å²) in [6, 6.07) is 1.46. The van der Waals surface area contributed by atoms with Gasteiger partial charge in [-0.3, -0.25) is 9.58 Å². The molecule has 7 heteroatoms. The van der Waals surface area contributed by atoms with E-state index in [0.717, 1.165) is 32.0 Å². The summed E-state index contributed by atoms with van der Waals surface area (Å²) >= 11 is 0. The van der Waals surface area contributed by atoms with Crippen molar-refractivity contribution in [2.24, 2.45) is 0 Å². The molecule has 2 aromatic rings. The largest absolute Gasteiger partial charge is 0.341 e. The van der Waals surface area contributed by atoms with E-state index < -0.39 is 0 Å². The van der Waals surface area contributed by atoms with Crippen LogP contribution in [0.25, 0.3) is 0 Å². The van der Waals surface area contributed by atoms with Crippen molar-refractivity contribution in [3.8, 4) is 0 Å². The Morgan fingerprint density at radius 3 is 2.59 bits per heavy atom. The molecule has 3 aliphatic rings. The van der Waals surface area contributed by atoms with Gasteiger partial charge in [-0.1, -0.05) is 0 Å². The van der Waals surface area contributed by atoms with Crippen molar-refractivity contribution in [3.05, 3.63) is 34.4 Å². The molecule has 6 nitrogen and oxygen atoms in total. The van der Waals surface area contributed by atoms with Crippen LogP contribution in [0.5, 0.6) is 0 Å². The van der Waals surface area contributed by atoms with Crippen LogP contribution in [0.1, 0.15) is 79.8 Å². The number of hydrogen-bond donors (Lipinski definition) is 0. The van der Waals surface area contributed by atoms with E-state index in [2.05, 4.69) is 48.4 Å². The van der Waals surface area contributed by atoms with E-state index in [9.17, 15) is 0 Å². The van der Waals surface area contributed by atoms with Crippen LogP contribution in [0.3, 0.4) is 0 Å². The third kappa shape index (κ3) is 3.44. The number of anilines is 1. The van der Waals surface area contributed by atoms with Gasteiger partial charge in [-0.25, -0.2) is 9.97 Å². The lowest BCUT2D eigenvalue weighted by atomic mass is 9.98. The summed E-state index contributed by atoms with van der Waals surface area (Å²) in [7, 11) is 0. The monoisotopic (exact) mass is 416 g/mol. The molecule has 2 aromatic heterocycles. The van der Waals surface area contributed by atoms with Crippen molar-refractivity contribution in [1.82, 2.24) is 24.6 Å². The zero-order valence-corrected chi connectivity index (χ0v) is 18.9. The minimum Gasteiger partial charge on any atom is -0.341 e. The molecule has 2 unspecified atom stereocenters. The van der Waals surface area contributed by atoms with Gasteiger partial charge < -0.3 is 4.90 Å². The fourth-order valence-corrected chi connectivity index (χ4v) is 5.49.